The lowest BCUT2D eigenvalue weighted by atomic mass is 9.58. The van der Waals surface area contributed by atoms with Crippen molar-refractivity contribution in [3.63, 3.8) is 0 Å². The van der Waals surface area contributed by atoms with Gasteiger partial charge in [-0.1, -0.05) is 31.1 Å². The van der Waals surface area contributed by atoms with E-state index in [4.69, 9.17) is 4.74 Å². The van der Waals surface area contributed by atoms with Crippen LogP contribution in [0.3, 0.4) is 0 Å². The molecule has 2 bridgehead atoms. The zero-order chi connectivity index (χ0) is 11.2. The molecule has 0 spiro atoms. The van der Waals surface area contributed by atoms with E-state index in [-0.39, 0.29) is 11.0 Å². The first-order chi connectivity index (χ1) is 7.73. The molecule has 1 N–H and O–H groups in total. The Labute approximate surface area is 97.0 Å². The van der Waals surface area contributed by atoms with Crippen LogP contribution in [0.4, 0.5) is 0 Å². The molecule has 2 heteroatoms. The molecule has 1 aliphatic heterocycles. The first kappa shape index (κ1) is 10.5. The molecule has 2 aliphatic carbocycles. The summed E-state index contributed by atoms with van der Waals surface area (Å²) >= 11 is 0. The van der Waals surface area contributed by atoms with Crippen LogP contribution < -0.4 is 0 Å². The average Bonchev–Trinajstić information content (AvgIpc) is 2.42. The van der Waals surface area contributed by atoms with Crippen LogP contribution in [0, 0.1) is 11.3 Å². The highest BCUT2D eigenvalue weighted by atomic mass is 16.6. The Morgan fingerprint density at radius 3 is 3.19 bits per heavy atom. The van der Waals surface area contributed by atoms with Crippen LogP contribution in [0.5, 0.6) is 0 Å². The van der Waals surface area contributed by atoms with Crippen molar-refractivity contribution in [2.45, 2.75) is 50.4 Å². The standard InChI is InChI=1S/C14H20O2/c1-2-7-13-8-5-10-14(16-12(13)15)9-4-3-6-11(13)14/h2,5,10-12,15H,1,3-4,6-9H2/t11-,12?,13-,14+/m0/s1. The van der Waals surface area contributed by atoms with Crippen molar-refractivity contribution in [2.75, 3.05) is 0 Å². The Hall–Kier alpha value is -0.600. The van der Waals surface area contributed by atoms with Gasteiger partial charge < -0.3 is 9.84 Å². The lowest BCUT2D eigenvalue weighted by Crippen LogP contribution is -2.44. The van der Waals surface area contributed by atoms with Crippen LogP contribution >= 0.6 is 0 Å². The Morgan fingerprint density at radius 2 is 2.38 bits per heavy atom. The summed E-state index contributed by atoms with van der Waals surface area (Å²) in [5.41, 5.74) is -0.240. The van der Waals surface area contributed by atoms with Gasteiger partial charge in [-0.05, 0) is 25.7 Å². The van der Waals surface area contributed by atoms with Gasteiger partial charge in [0.2, 0.25) is 0 Å². The molecule has 88 valence electrons. The molecule has 0 aromatic heterocycles. The molecular formula is C14H20O2. The first-order valence-corrected chi connectivity index (χ1v) is 6.38. The number of hydrogen-bond donors (Lipinski definition) is 1. The van der Waals surface area contributed by atoms with Crippen LogP contribution in [0.1, 0.15) is 38.5 Å². The number of aliphatic hydroxyl groups excluding tert-OH is 1. The number of ether oxygens (including phenoxy) is 1. The van der Waals surface area contributed by atoms with Gasteiger partial charge in [-0.25, -0.2) is 0 Å². The van der Waals surface area contributed by atoms with Gasteiger partial charge in [0.1, 0.15) is 0 Å². The van der Waals surface area contributed by atoms with Gasteiger partial charge in [-0.2, -0.15) is 0 Å². The lowest BCUT2D eigenvalue weighted by molar-refractivity contribution is -0.151. The van der Waals surface area contributed by atoms with Crippen molar-refractivity contribution in [3.8, 4) is 0 Å². The van der Waals surface area contributed by atoms with Crippen LogP contribution in [-0.2, 0) is 4.74 Å². The Kier molecular flexibility index (Phi) is 2.27. The van der Waals surface area contributed by atoms with Gasteiger partial charge in [0, 0.05) is 11.3 Å². The summed E-state index contributed by atoms with van der Waals surface area (Å²) in [5, 5.41) is 10.3. The van der Waals surface area contributed by atoms with E-state index in [9.17, 15) is 5.11 Å². The van der Waals surface area contributed by atoms with E-state index in [1.807, 2.05) is 6.08 Å². The molecule has 4 atom stereocenters. The maximum Gasteiger partial charge on any atom is 0.162 e. The van der Waals surface area contributed by atoms with Crippen molar-refractivity contribution in [1.29, 1.82) is 0 Å². The van der Waals surface area contributed by atoms with Crippen LogP contribution in [0.15, 0.2) is 24.8 Å². The summed E-state index contributed by atoms with van der Waals surface area (Å²) in [4.78, 5) is 0. The molecule has 1 heterocycles. The van der Waals surface area contributed by atoms with Crippen LogP contribution in [-0.4, -0.2) is 17.0 Å². The zero-order valence-corrected chi connectivity index (χ0v) is 9.69. The highest BCUT2D eigenvalue weighted by Crippen LogP contribution is 2.61. The van der Waals surface area contributed by atoms with E-state index < -0.39 is 6.29 Å². The second-order valence-electron chi connectivity index (χ2n) is 5.56. The number of rotatable bonds is 2. The predicted octanol–water partition coefficient (Wildman–Crippen LogP) is 2.79. The largest absolute Gasteiger partial charge is 0.367 e. The number of allylic oxidation sites excluding steroid dienone is 2. The lowest BCUT2D eigenvalue weighted by Gasteiger charge is -2.44. The van der Waals surface area contributed by atoms with Gasteiger partial charge in [0.05, 0.1) is 5.60 Å². The zero-order valence-electron chi connectivity index (χ0n) is 9.69. The molecule has 1 unspecified atom stereocenters. The number of aliphatic hydroxyl groups is 1. The third kappa shape index (κ3) is 1.15. The second-order valence-corrected chi connectivity index (χ2v) is 5.56. The fraction of sp³-hybridized carbons (Fsp3) is 0.714. The minimum absolute atomic E-state index is 0.0864. The molecule has 1 saturated heterocycles. The Balaban J connectivity index is 2.04. The third-order valence-corrected chi connectivity index (χ3v) is 4.84. The first-order valence-electron chi connectivity index (χ1n) is 6.38. The SMILES string of the molecule is C=CC[C@]12CC=C[C@@]3(CCCC[C@@H]13)OC2O. The van der Waals surface area contributed by atoms with E-state index in [1.165, 1.54) is 19.3 Å². The van der Waals surface area contributed by atoms with Crippen molar-refractivity contribution in [1.82, 2.24) is 0 Å². The topological polar surface area (TPSA) is 29.5 Å². The molecular weight excluding hydrogens is 200 g/mol. The highest BCUT2D eigenvalue weighted by Gasteiger charge is 2.63. The summed E-state index contributed by atoms with van der Waals surface area (Å²) < 4.78 is 5.95. The Bertz CT molecular complexity index is 336. The summed E-state index contributed by atoms with van der Waals surface area (Å²) in [6.07, 6.45) is 12.3. The molecule has 0 aromatic carbocycles. The molecule has 16 heavy (non-hydrogen) atoms. The smallest absolute Gasteiger partial charge is 0.162 e. The third-order valence-electron chi connectivity index (χ3n) is 4.84. The van der Waals surface area contributed by atoms with E-state index >= 15 is 0 Å². The molecule has 2 fully saturated rings. The van der Waals surface area contributed by atoms with Gasteiger partial charge in [-0.3, -0.25) is 0 Å². The van der Waals surface area contributed by atoms with E-state index in [1.54, 1.807) is 0 Å². The summed E-state index contributed by atoms with van der Waals surface area (Å²) in [6.45, 7) is 3.85. The van der Waals surface area contributed by atoms with Gasteiger partial charge in [0.25, 0.3) is 0 Å². The molecule has 0 aromatic rings. The van der Waals surface area contributed by atoms with Gasteiger partial charge in [-0.15, -0.1) is 6.58 Å². The maximum atomic E-state index is 10.3. The molecule has 0 radical (unpaired) electrons. The van der Waals surface area contributed by atoms with E-state index in [0.29, 0.717) is 5.92 Å². The van der Waals surface area contributed by atoms with Gasteiger partial charge in [0.15, 0.2) is 6.29 Å². The minimum Gasteiger partial charge on any atom is -0.367 e. The van der Waals surface area contributed by atoms with Gasteiger partial charge >= 0.3 is 0 Å². The van der Waals surface area contributed by atoms with Crippen LogP contribution in [0.25, 0.3) is 0 Å². The average molecular weight is 220 g/mol. The quantitative estimate of drug-likeness (QED) is 0.725. The molecule has 2 nitrogen and oxygen atoms in total. The monoisotopic (exact) mass is 220 g/mol. The fourth-order valence-electron chi connectivity index (χ4n) is 4.14. The second kappa shape index (κ2) is 3.44. The van der Waals surface area contributed by atoms with E-state index in [2.05, 4.69) is 18.7 Å². The Morgan fingerprint density at radius 1 is 1.50 bits per heavy atom. The summed E-state index contributed by atoms with van der Waals surface area (Å²) in [6, 6.07) is 0. The summed E-state index contributed by atoms with van der Waals surface area (Å²) in [7, 11) is 0. The molecule has 0 amide bonds. The molecule has 3 aliphatic rings. The van der Waals surface area contributed by atoms with Crippen molar-refractivity contribution < 1.29 is 9.84 Å². The minimum atomic E-state index is -0.608. The number of hydrogen-bond acceptors (Lipinski definition) is 2. The maximum absolute atomic E-state index is 10.3. The normalized spacial score (nSPS) is 50.1. The molecule has 1 saturated carbocycles. The molecule has 3 rings (SSSR count). The van der Waals surface area contributed by atoms with Crippen molar-refractivity contribution in [2.24, 2.45) is 11.3 Å². The van der Waals surface area contributed by atoms with Crippen molar-refractivity contribution >= 4 is 0 Å². The highest BCUT2D eigenvalue weighted by molar-refractivity contribution is 5.23. The van der Waals surface area contributed by atoms with Crippen molar-refractivity contribution in [3.05, 3.63) is 24.8 Å². The fourth-order valence-corrected chi connectivity index (χ4v) is 4.14. The van der Waals surface area contributed by atoms with Crippen LogP contribution in [0.2, 0.25) is 0 Å². The summed E-state index contributed by atoms with van der Waals surface area (Å²) in [5.74, 6) is 0.492. The van der Waals surface area contributed by atoms with E-state index in [0.717, 1.165) is 19.3 Å². The predicted molar refractivity (Wildman–Crippen MR) is 62.8 cm³/mol.